The number of benzene rings is 2. The second-order valence-electron chi connectivity index (χ2n) is 7.89. The maximum atomic E-state index is 13.2. The third kappa shape index (κ3) is 6.04. The summed E-state index contributed by atoms with van der Waals surface area (Å²) in [7, 11) is 0. The topological polar surface area (TPSA) is 45.7 Å². The van der Waals surface area contributed by atoms with Crippen molar-refractivity contribution in [3.05, 3.63) is 59.2 Å². The molecule has 2 aromatic carbocycles. The van der Waals surface area contributed by atoms with Gasteiger partial charge in [-0.1, -0.05) is 41.7 Å². The first kappa shape index (κ1) is 23.7. The predicted octanol–water partition coefficient (Wildman–Crippen LogP) is 4.63. The Morgan fingerprint density at radius 2 is 1.84 bits per heavy atom. The SMILES string of the molecule is Cc1cc2nc(N(CCN3CCOCC3)C(=O)CCc3ccccc3)sc2cc1C.Cl. The molecule has 2 heterocycles. The van der Waals surface area contributed by atoms with Gasteiger partial charge in [0.1, 0.15) is 0 Å². The Hall–Kier alpha value is -1.99. The molecule has 0 N–H and O–H groups in total. The van der Waals surface area contributed by atoms with Crippen molar-refractivity contribution in [1.29, 1.82) is 0 Å². The molecule has 0 bridgehead atoms. The Bertz CT molecular complexity index is 964. The lowest BCUT2D eigenvalue weighted by Crippen LogP contribution is -2.43. The lowest BCUT2D eigenvalue weighted by atomic mass is 10.1. The van der Waals surface area contributed by atoms with E-state index in [9.17, 15) is 4.79 Å². The Balaban J connectivity index is 0.00000272. The van der Waals surface area contributed by atoms with Crippen molar-refractivity contribution in [3.63, 3.8) is 0 Å². The van der Waals surface area contributed by atoms with E-state index < -0.39 is 0 Å². The van der Waals surface area contributed by atoms with Gasteiger partial charge in [-0.25, -0.2) is 4.98 Å². The van der Waals surface area contributed by atoms with Gasteiger partial charge >= 0.3 is 0 Å². The number of morpholine rings is 1. The van der Waals surface area contributed by atoms with Crippen LogP contribution in [0.3, 0.4) is 0 Å². The molecule has 1 aliphatic heterocycles. The van der Waals surface area contributed by atoms with Crippen LogP contribution in [-0.4, -0.2) is 55.2 Å². The highest BCUT2D eigenvalue weighted by molar-refractivity contribution is 7.22. The maximum absolute atomic E-state index is 13.2. The van der Waals surface area contributed by atoms with Crippen molar-refractivity contribution < 1.29 is 9.53 Å². The molecule has 1 amide bonds. The Morgan fingerprint density at radius 3 is 2.58 bits per heavy atom. The van der Waals surface area contributed by atoms with E-state index in [0.29, 0.717) is 13.0 Å². The lowest BCUT2D eigenvalue weighted by Gasteiger charge is -2.29. The summed E-state index contributed by atoms with van der Waals surface area (Å²) in [6, 6.07) is 14.5. The molecule has 0 saturated carbocycles. The minimum absolute atomic E-state index is 0. The number of thiazole rings is 1. The zero-order valence-corrected chi connectivity index (χ0v) is 19.8. The van der Waals surface area contributed by atoms with Crippen LogP contribution in [0.4, 0.5) is 5.13 Å². The quantitative estimate of drug-likeness (QED) is 0.516. The summed E-state index contributed by atoms with van der Waals surface area (Å²) in [5.74, 6) is 0.139. The first-order valence-electron chi connectivity index (χ1n) is 10.6. The number of rotatable bonds is 7. The van der Waals surface area contributed by atoms with Gasteiger partial charge in [0.15, 0.2) is 5.13 Å². The van der Waals surface area contributed by atoms with Crippen molar-refractivity contribution in [2.24, 2.45) is 0 Å². The van der Waals surface area contributed by atoms with Crippen molar-refractivity contribution in [1.82, 2.24) is 9.88 Å². The molecule has 1 aromatic heterocycles. The minimum atomic E-state index is 0. The largest absolute Gasteiger partial charge is 0.379 e. The molecule has 5 nitrogen and oxygen atoms in total. The smallest absolute Gasteiger partial charge is 0.229 e. The number of anilines is 1. The molecule has 1 fully saturated rings. The van der Waals surface area contributed by atoms with Crippen molar-refractivity contribution in [2.75, 3.05) is 44.3 Å². The Kier molecular flexibility index (Phi) is 8.43. The number of nitrogens with zero attached hydrogens (tertiary/aromatic N) is 3. The maximum Gasteiger partial charge on any atom is 0.229 e. The normalized spacial score (nSPS) is 14.4. The monoisotopic (exact) mass is 459 g/mol. The van der Waals surface area contributed by atoms with Gasteiger partial charge in [-0.15, -0.1) is 12.4 Å². The second kappa shape index (κ2) is 11.0. The molecule has 0 radical (unpaired) electrons. The van der Waals surface area contributed by atoms with Crippen LogP contribution in [0.15, 0.2) is 42.5 Å². The molecule has 1 saturated heterocycles. The molecule has 31 heavy (non-hydrogen) atoms. The third-order valence-electron chi connectivity index (χ3n) is 5.74. The molecule has 0 atom stereocenters. The number of aryl methyl sites for hydroxylation is 3. The zero-order valence-electron chi connectivity index (χ0n) is 18.2. The molecule has 1 aliphatic rings. The number of hydrogen-bond donors (Lipinski definition) is 0. The highest BCUT2D eigenvalue weighted by atomic mass is 35.5. The van der Waals surface area contributed by atoms with Crippen LogP contribution in [-0.2, 0) is 16.0 Å². The molecule has 0 spiro atoms. The van der Waals surface area contributed by atoms with Gasteiger partial charge < -0.3 is 4.74 Å². The fraction of sp³-hybridized carbons (Fsp3) is 0.417. The van der Waals surface area contributed by atoms with Crippen molar-refractivity contribution >= 4 is 45.0 Å². The Labute approximate surface area is 194 Å². The molecule has 4 rings (SSSR count). The Morgan fingerprint density at radius 1 is 1.13 bits per heavy atom. The van der Waals surface area contributed by atoms with Crippen LogP contribution in [0.5, 0.6) is 0 Å². The average molecular weight is 460 g/mol. The van der Waals surface area contributed by atoms with E-state index in [-0.39, 0.29) is 18.3 Å². The summed E-state index contributed by atoms with van der Waals surface area (Å²) in [5.41, 5.74) is 4.66. The fourth-order valence-corrected chi connectivity index (χ4v) is 4.80. The van der Waals surface area contributed by atoms with Gasteiger partial charge in [-0.2, -0.15) is 0 Å². The summed E-state index contributed by atoms with van der Waals surface area (Å²) in [6.45, 7) is 9.10. The predicted molar refractivity (Wildman–Crippen MR) is 131 cm³/mol. The van der Waals surface area contributed by atoms with E-state index in [1.54, 1.807) is 11.3 Å². The third-order valence-corrected chi connectivity index (χ3v) is 6.78. The first-order chi connectivity index (χ1) is 14.6. The number of halogens is 1. The van der Waals surface area contributed by atoms with Crippen LogP contribution in [0.25, 0.3) is 10.2 Å². The van der Waals surface area contributed by atoms with E-state index in [2.05, 4.69) is 43.0 Å². The number of carbonyl (C=O) groups is 1. The summed E-state index contributed by atoms with van der Waals surface area (Å²) < 4.78 is 6.60. The minimum Gasteiger partial charge on any atom is -0.379 e. The van der Waals surface area contributed by atoms with E-state index in [4.69, 9.17) is 9.72 Å². The highest BCUT2D eigenvalue weighted by Gasteiger charge is 2.21. The molecular weight excluding hydrogens is 430 g/mol. The average Bonchev–Trinajstić information content (AvgIpc) is 3.16. The summed E-state index contributed by atoms with van der Waals surface area (Å²) in [4.78, 5) is 22.3. The van der Waals surface area contributed by atoms with Gasteiger partial charge in [0, 0.05) is 32.6 Å². The number of ether oxygens (including phenoxy) is 1. The van der Waals surface area contributed by atoms with Gasteiger partial charge in [0.2, 0.25) is 5.91 Å². The summed E-state index contributed by atoms with van der Waals surface area (Å²) in [5, 5.41) is 0.807. The molecule has 0 unspecified atom stereocenters. The van der Waals surface area contributed by atoms with E-state index in [0.717, 1.165) is 54.6 Å². The highest BCUT2D eigenvalue weighted by Crippen LogP contribution is 2.31. The van der Waals surface area contributed by atoms with Gasteiger partial charge in [-0.05, 0) is 49.1 Å². The zero-order chi connectivity index (χ0) is 20.9. The lowest BCUT2D eigenvalue weighted by molar-refractivity contribution is -0.118. The second-order valence-corrected chi connectivity index (χ2v) is 8.89. The summed E-state index contributed by atoms with van der Waals surface area (Å²) in [6.07, 6.45) is 1.23. The van der Waals surface area contributed by atoms with Crippen molar-refractivity contribution in [3.8, 4) is 0 Å². The van der Waals surface area contributed by atoms with Crippen LogP contribution in [0, 0.1) is 13.8 Å². The van der Waals surface area contributed by atoms with Gasteiger partial charge in [0.05, 0.1) is 23.4 Å². The van der Waals surface area contributed by atoms with Gasteiger partial charge in [-0.3, -0.25) is 14.6 Å². The van der Waals surface area contributed by atoms with Crippen LogP contribution in [0.1, 0.15) is 23.1 Å². The molecule has 166 valence electrons. The standard InChI is InChI=1S/C24H29N3O2S.ClH/c1-18-16-21-22(17-19(18)2)30-24(25-21)27(11-10-26-12-14-29-15-13-26)23(28)9-8-20-6-4-3-5-7-20;/h3-7,16-17H,8-15H2,1-2H3;1H. The molecule has 3 aromatic rings. The van der Waals surface area contributed by atoms with Gasteiger partial charge in [0.25, 0.3) is 0 Å². The molecular formula is C24H30ClN3O2S. The van der Waals surface area contributed by atoms with Crippen LogP contribution < -0.4 is 4.90 Å². The van der Waals surface area contributed by atoms with Crippen LogP contribution in [0.2, 0.25) is 0 Å². The summed E-state index contributed by atoms with van der Waals surface area (Å²) >= 11 is 1.62. The molecule has 0 aliphatic carbocycles. The van der Waals surface area contributed by atoms with E-state index in [1.807, 2.05) is 23.1 Å². The van der Waals surface area contributed by atoms with E-state index >= 15 is 0 Å². The first-order valence-corrected chi connectivity index (χ1v) is 11.4. The number of amides is 1. The fourth-order valence-electron chi connectivity index (χ4n) is 3.71. The number of hydrogen-bond acceptors (Lipinski definition) is 5. The van der Waals surface area contributed by atoms with E-state index in [1.165, 1.54) is 16.7 Å². The number of aromatic nitrogens is 1. The van der Waals surface area contributed by atoms with Crippen molar-refractivity contribution in [2.45, 2.75) is 26.7 Å². The number of carbonyl (C=O) groups excluding carboxylic acids is 1. The number of fused-ring (bicyclic) bond motifs is 1. The van der Waals surface area contributed by atoms with Crippen LogP contribution >= 0.6 is 23.7 Å². The molecule has 7 heteroatoms.